The number of hydrogen-bond donors (Lipinski definition) is 2. The first-order valence-electron chi connectivity index (χ1n) is 8.19. The predicted molar refractivity (Wildman–Crippen MR) is 99.5 cm³/mol. The van der Waals surface area contributed by atoms with Crippen molar-refractivity contribution in [2.24, 2.45) is 0 Å². The third-order valence-electron chi connectivity index (χ3n) is 4.82. The normalized spacial score (nSPS) is 14.7. The molecule has 1 aliphatic rings. The molecular formula is C19H18Cl3N3O. The highest BCUT2D eigenvalue weighted by Crippen LogP contribution is 2.30. The lowest BCUT2D eigenvalue weighted by molar-refractivity contribution is -0.412. The topological polar surface area (TPSA) is 63.7 Å². The monoisotopic (exact) mass is 409 g/mol. The second-order valence-electron chi connectivity index (χ2n) is 6.39. The van der Waals surface area contributed by atoms with Crippen molar-refractivity contribution in [3.05, 3.63) is 69.3 Å². The number of nitrogens with zero attached hydrogens (tertiary/aromatic N) is 1. The van der Waals surface area contributed by atoms with Crippen LogP contribution in [0.4, 0.5) is 0 Å². The number of halogens is 3. The van der Waals surface area contributed by atoms with Crippen molar-refractivity contribution in [2.45, 2.75) is 19.0 Å². The van der Waals surface area contributed by atoms with Crippen LogP contribution in [0.1, 0.15) is 22.9 Å². The number of rotatable bonds is 2. The summed E-state index contributed by atoms with van der Waals surface area (Å²) >= 11 is 12.0. The highest BCUT2D eigenvalue weighted by molar-refractivity contribution is 6.31. The van der Waals surface area contributed by atoms with Gasteiger partial charge in [0, 0.05) is 38.8 Å². The molecule has 136 valence electrons. The SMILES string of the molecule is [Cl-].[NH3+][C@@H](C(=O)N1CCc2c([nH]c3ccc(Cl)cc23)C1)c1ccc(Cl)cc1. The van der Waals surface area contributed by atoms with E-state index in [2.05, 4.69) is 10.7 Å². The van der Waals surface area contributed by atoms with Crippen LogP contribution in [0, 0.1) is 0 Å². The Morgan fingerprint density at radius 3 is 2.54 bits per heavy atom. The molecular weight excluding hydrogens is 393 g/mol. The Labute approximate surface area is 167 Å². The molecule has 1 aliphatic heterocycles. The minimum absolute atomic E-state index is 0. The lowest BCUT2D eigenvalue weighted by Crippen LogP contribution is -3.00. The Kier molecular flexibility index (Phi) is 5.49. The van der Waals surface area contributed by atoms with Crippen LogP contribution in [0.5, 0.6) is 0 Å². The predicted octanol–water partition coefficient (Wildman–Crippen LogP) is 0.347. The Morgan fingerprint density at radius 2 is 1.81 bits per heavy atom. The molecule has 1 amide bonds. The molecule has 0 aliphatic carbocycles. The first-order valence-corrected chi connectivity index (χ1v) is 8.95. The zero-order valence-corrected chi connectivity index (χ0v) is 16.2. The molecule has 0 fully saturated rings. The molecule has 4 nitrogen and oxygen atoms in total. The van der Waals surface area contributed by atoms with Gasteiger partial charge in [0.25, 0.3) is 5.91 Å². The molecule has 26 heavy (non-hydrogen) atoms. The van der Waals surface area contributed by atoms with Gasteiger partial charge in [-0.3, -0.25) is 4.79 Å². The van der Waals surface area contributed by atoms with Crippen LogP contribution >= 0.6 is 23.2 Å². The van der Waals surface area contributed by atoms with E-state index in [1.807, 2.05) is 35.2 Å². The summed E-state index contributed by atoms with van der Waals surface area (Å²) in [5, 5.41) is 2.54. The molecule has 7 heteroatoms. The van der Waals surface area contributed by atoms with Crippen LogP contribution in [-0.2, 0) is 17.8 Å². The molecule has 2 aromatic carbocycles. The summed E-state index contributed by atoms with van der Waals surface area (Å²) in [6.07, 6.45) is 0.814. The third kappa shape index (κ3) is 3.42. The minimum Gasteiger partial charge on any atom is -1.00 e. The maximum atomic E-state index is 12.9. The van der Waals surface area contributed by atoms with Crippen LogP contribution in [0.3, 0.4) is 0 Å². The van der Waals surface area contributed by atoms with Crippen LogP contribution in [0.2, 0.25) is 10.0 Å². The van der Waals surface area contributed by atoms with Gasteiger partial charge >= 0.3 is 0 Å². The summed E-state index contributed by atoms with van der Waals surface area (Å²) in [6, 6.07) is 12.7. The number of H-pyrrole nitrogens is 1. The molecule has 0 saturated carbocycles. The molecule has 3 aromatic rings. The third-order valence-corrected chi connectivity index (χ3v) is 5.31. The molecule has 4 rings (SSSR count). The molecule has 2 heterocycles. The number of aromatic amines is 1. The van der Waals surface area contributed by atoms with Crippen LogP contribution in [-0.4, -0.2) is 22.3 Å². The lowest BCUT2D eigenvalue weighted by Gasteiger charge is -2.28. The number of aromatic nitrogens is 1. The second-order valence-corrected chi connectivity index (χ2v) is 7.26. The number of quaternary nitrogens is 1. The average molecular weight is 411 g/mol. The van der Waals surface area contributed by atoms with Gasteiger partial charge < -0.3 is 28.0 Å². The number of carbonyl (C=O) groups excluding carboxylic acids is 1. The van der Waals surface area contributed by atoms with E-state index in [-0.39, 0.29) is 18.3 Å². The molecule has 0 spiro atoms. The van der Waals surface area contributed by atoms with E-state index in [1.54, 1.807) is 12.1 Å². The zero-order chi connectivity index (χ0) is 17.6. The molecule has 0 radical (unpaired) electrons. The van der Waals surface area contributed by atoms with Gasteiger partial charge in [-0.2, -0.15) is 0 Å². The maximum Gasteiger partial charge on any atom is 0.285 e. The summed E-state index contributed by atoms with van der Waals surface area (Å²) in [6.45, 7) is 1.25. The fourth-order valence-corrected chi connectivity index (χ4v) is 3.76. The molecule has 4 N–H and O–H groups in total. The van der Waals surface area contributed by atoms with Crippen molar-refractivity contribution in [3.8, 4) is 0 Å². The van der Waals surface area contributed by atoms with E-state index in [0.29, 0.717) is 18.1 Å². The van der Waals surface area contributed by atoms with Gasteiger partial charge in [0.1, 0.15) is 0 Å². The average Bonchev–Trinajstić information content (AvgIpc) is 2.98. The Hall–Kier alpha value is -1.72. The van der Waals surface area contributed by atoms with Gasteiger partial charge in [-0.25, -0.2) is 0 Å². The standard InChI is InChI=1S/C19H17Cl2N3O.ClH/c20-12-3-1-11(2-4-12)18(22)19(25)24-8-7-14-15-9-13(21)5-6-16(15)23-17(14)10-24;/h1-6,9,18,23H,7-8,10,22H2;1H/t18-;/m1./s1. The Bertz CT molecular complexity index is 953. The number of carbonyl (C=O) groups is 1. The number of hydrogen-bond acceptors (Lipinski definition) is 1. The van der Waals surface area contributed by atoms with Gasteiger partial charge in [0.15, 0.2) is 6.04 Å². The fraction of sp³-hybridized carbons (Fsp3) is 0.211. The van der Waals surface area contributed by atoms with Crippen molar-refractivity contribution < 1.29 is 22.9 Å². The first kappa shape index (κ1) is 19.1. The Balaban J connectivity index is 0.00000196. The number of amides is 1. The van der Waals surface area contributed by atoms with E-state index < -0.39 is 6.04 Å². The van der Waals surface area contributed by atoms with Gasteiger partial charge in [0.05, 0.1) is 6.54 Å². The highest BCUT2D eigenvalue weighted by atomic mass is 35.5. The van der Waals surface area contributed by atoms with Gasteiger partial charge in [-0.15, -0.1) is 0 Å². The summed E-state index contributed by atoms with van der Waals surface area (Å²) < 4.78 is 0. The molecule has 0 bridgehead atoms. The van der Waals surface area contributed by atoms with E-state index in [4.69, 9.17) is 23.2 Å². The molecule has 1 atom stereocenters. The number of benzene rings is 2. The summed E-state index contributed by atoms with van der Waals surface area (Å²) in [5.41, 5.74) is 8.34. The van der Waals surface area contributed by atoms with E-state index in [1.165, 1.54) is 5.56 Å². The van der Waals surface area contributed by atoms with Crippen LogP contribution in [0.25, 0.3) is 10.9 Å². The highest BCUT2D eigenvalue weighted by Gasteiger charge is 2.30. The maximum absolute atomic E-state index is 12.9. The van der Waals surface area contributed by atoms with Crippen molar-refractivity contribution in [3.63, 3.8) is 0 Å². The smallest absolute Gasteiger partial charge is 0.285 e. The molecule has 0 saturated heterocycles. The van der Waals surface area contributed by atoms with E-state index >= 15 is 0 Å². The van der Waals surface area contributed by atoms with Crippen LogP contribution in [0.15, 0.2) is 42.5 Å². The van der Waals surface area contributed by atoms with Gasteiger partial charge in [-0.1, -0.05) is 35.3 Å². The molecule has 1 aromatic heterocycles. The minimum atomic E-state index is -0.433. The number of nitrogens with one attached hydrogen (secondary N) is 1. The second kappa shape index (κ2) is 7.49. The van der Waals surface area contributed by atoms with Crippen molar-refractivity contribution in [2.75, 3.05) is 6.54 Å². The van der Waals surface area contributed by atoms with Crippen molar-refractivity contribution >= 4 is 40.0 Å². The fourth-order valence-electron chi connectivity index (χ4n) is 3.46. The number of fused-ring (bicyclic) bond motifs is 3. The van der Waals surface area contributed by atoms with Crippen LogP contribution < -0.4 is 18.1 Å². The molecule has 0 unspecified atom stereocenters. The largest absolute Gasteiger partial charge is 1.00 e. The summed E-state index contributed by atoms with van der Waals surface area (Å²) in [7, 11) is 0. The van der Waals surface area contributed by atoms with Crippen molar-refractivity contribution in [1.29, 1.82) is 0 Å². The van der Waals surface area contributed by atoms with E-state index in [0.717, 1.165) is 33.6 Å². The van der Waals surface area contributed by atoms with Gasteiger partial charge in [0.2, 0.25) is 0 Å². The lowest BCUT2D eigenvalue weighted by atomic mass is 10.0. The first-order chi connectivity index (χ1) is 12.0. The quantitative estimate of drug-likeness (QED) is 0.629. The summed E-state index contributed by atoms with van der Waals surface area (Å²) in [4.78, 5) is 18.1. The van der Waals surface area contributed by atoms with Crippen molar-refractivity contribution in [1.82, 2.24) is 9.88 Å². The zero-order valence-electron chi connectivity index (χ0n) is 13.9. The van der Waals surface area contributed by atoms with E-state index in [9.17, 15) is 4.79 Å². The Morgan fingerprint density at radius 1 is 1.12 bits per heavy atom. The van der Waals surface area contributed by atoms with Gasteiger partial charge in [-0.05, 0) is 42.3 Å². The summed E-state index contributed by atoms with van der Waals surface area (Å²) in [5.74, 6) is 0.0321.